The van der Waals surface area contributed by atoms with Crippen LogP contribution in [0.4, 0.5) is 4.39 Å². The maximum Gasteiger partial charge on any atom is 0.256 e. The number of nitrogens with zero attached hydrogens (tertiary/aromatic N) is 2. The van der Waals surface area contributed by atoms with E-state index >= 15 is 0 Å². The summed E-state index contributed by atoms with van der Waals surface area (Å²) in [4.78, 5) is 18.4. The molecule has 0 spiro atoms. The number of nitrogens with one attached hydrogen (secondary N) is 1. The summed E-state index contributed by atoms with van der Waals surface area (Å²) in [6, 6.07) is 8.32. The van der Waals surface area contributed by atoms with Crippen LogP contribution in [-0.2, 0) is 17.8 Å². The molecule has 1 unspecified atom stereocenters. The van der Waals surface area contributed by atoms with Crippen LogP contribution < -0.4 is 10.1 Å². The third-order valence-corrected chi connectivity index (χ3v) is 5.05. The zero-order valence-electron chi connectivity index (χ0n) is 16.0. The van der Waals surface area contributed by atoms with Crippen molar-refractivity contribution in [2.45, 2.75) is 31.4 Å². The molecule has 6 nitrogen and oxygen atoms in total. The van der Waals surface area contributed by atoms with E-state index in [4.69, 9.17) is 4.74 Å². The van der Waals surface area contributed by atoms with E-state index in [-0.39, 0.29) is 19.0 Å². The summed E-state index contributed by atoms with van der Waals surface area (Å²) in [6.45, 7) is 1.41. The van der Waals surface area contributed by atoms with Gasteiger partial charge in [-0.25, -0.2) is 4.39 Å². The van der Waals surface area contributed by atoms with E-state index in [2.05, 4.69) is 10.3 Å². The van der Waals surface area contributed by atoms with Gasteiger partial charge in [-0.05, 0) is 55.6 Å². The van der Waals surface area contributed by atoms with Gasteiger partial charge in [0.25, 0.3) is 5.91 Å². The summed E-state index contributed by atoms with van der Waals surface area (Å²) in [5, 5.41) is 14.0. The van der Waals surface area contributed by atoms with Crippen molar-refractivity contribution in [1.82, 2.24) is 15.2 Å². The minimum absolute atomic E-state index is 0.111. The standard InChI is InChI=1S/C21H26FN3O3/c1-28-18-5-6-19(22)17(12-18)14-25-11-3-8-21(27,20(25)26)15-24-10-7-16-4-2-9-23-13-16/h2,4-6,9,12-13,24,27H,3,7-8,10-11,14-15H2,1H3. The molecular weight excluding hydrogens is 361 g/mol. The molecule has 2 heterocycles. The minimum atomic E-state index is -1.47. The number of rotatable bonds is 8. The summed E-state index contributed by atoms with van der Waals surface area (Å²) in [7, 11) is 1.51. The molecule has 150 valence electrons. The lowest BCUT2D eigenvalue weighted by molar-refractivity contribution is -0.157. The number of pyridine rings is 1. The summed E-state index contributed by atoms with van der Waals surface area (Å²) in [5.41, 5.74) is -0.00344. The molecule has 0 radical (unpaired) electrons. The molecule has 0 saturated carbocycles. The van der Waals surface area contributed by atoms with Gasteiger partial charge in [0.15, 0.2) is 5.60 Å². The number of aromatic nitrogens is 1. The Morgan fingerprint density at radius 3 is 3.00 bits per heavy atom. The highest BCUT2D eigenvalue weighted by molar-refractivity contribution is 5.86. The highest BCUT2D eigenvalue weighted by Crippen LogP contribution is 2.25. The second kappa shape index (κ2) is 9.12. The largest absolute Gasteiger partial charge is 0.497 e. The molecule has 28 heavy (non-hydrogen) atoms. The molecule has 1 saturated heterocycles. The van der Waals surface area contributed by atoms with E-state index in [0.717, 1.165) is 12.0 Å². The predicted molar refractivity (Wildman–Crippen MR) is 103 cm³/mol. The lowest BCUT2D eigenvalue weighted by atomic mass is 9.91. The smallest absolute Gasteiger partial charge is 0.256 e. The van der Waals surface area contributed by atoms with Gasteiger partial charge in [0, 0.05) is 37.6 Å². The number of halogens is 1. The Bertz CT molecular complexity index is 803. The normalized spacial score (nSPS) is 19.7. The molecule has 1 aromatic heterocycles. The Morgan fingerprint density at radius 2 is 2.25 bits per heavy atom. The van der Waals surface area contributed by atoms with E-state index in [1.807, 2.05) is 12.1 Å². The molecule has 1 aromatic carbocycles. The fourth-order valence-electron chi connectivity index (χ4n) is 3.46. The number of piperidine rings is 1. The molecule has 2 N–H and O–H groups in total. The average molecular weight is 387 g/mol. The van der Waals surface area contributed by atoms with Crippen molar-refractivity contribution in [3.8, 4) is 5.75 Å². The second-order valence-corrected chi connectivity index (χ2v) is 7.11. The second-order valence-electron chi connectivity index (χ2n) is 7.11. The first-order valence-corrected chi connectivity index (χ1v) is 9.45. The number of benzene rings is 1. The lowest BCUT2D eigenvalue weighted by Crippen LogP contribution is -2.57. The number of methoxy groups -OCH3 is 1. The van der Waals surface area contributed by atoms with Crippen LogP contribution >= 0.6 is 0 Å². The monoisotopic (exact) mass is 387 g/mol. The average Bonchev–Trinajstić information content (AvgIpc) is 2.71. The van der Waals surface area contributed by atoms with Gasteiger partial charge >= 0.3 is 0 Å². The molecule has 3 rings (SSSR count). The van der Waals surface area contributed by atoms with Gasteiger partial charge < -0.3 is 20.1 Å². The van der Waals surface area contributed by atoms with Crippen molar-refractivity contribution in [1.29, 1.82) is 0 Å². The number of hydrogen-bond acceptors (Lipinski definition) is 5. The SMILES string of the molecule is COc1ccc(F)c(CN2CCCC(O)(CNCCc3cccnc3)C2=O)c1. The summed E-state index contributed by atoms with van der Waals surface area (Å²) in [5.74, 6) is -0.222. The van der Waals surface area contributed by atoms with Crippen molar-refractivity contribution in [2.75, 3.05) is 26.7 Å². The number of ether oxygens (including phenoxy) is 1. The summed E-state index contributed by atoms with van der Waals surface area (Å²) < 4.78 is 19.3. The lowest BCUT2D eigenvalue weighted by Gasteiger charge is -2.38. The van der Waals surface area contributed by atoms with Crippen molar-refractivity contribution in [3.05, 3.63) is 59.7 Å². The molecule has 2 aromatic rings. The van der Waals surface area contributed by atoms with Crippen LogP contribution in [-0.4, -0.2) is 53.2 Å². The van der Waals surface area contributed by atoms with Crippen LogP contribution in [0.25, 0.3) is 0 Å². The fourth-order valence-corrected chi connectivity index (χ4v) is 3.46. The van der Waals surface area contributed by atoms with Crippen LogP contribution in [0.2, 0.25) is 0 Å². The first-order chi connectivity index (χ1) is 13.5. The molecule has 7 heteroatoms. The van der Waals surface area contributed by atoms with Gasteiger partial charge in [-0.2, -0.15) is 0 Å². The molecule has 0 aliphatic carbocycles. The van der Waals surface area contributed by atoms with Gasteiger partial charge in [0.2, 0.25) is 0 Å². The summed E-state index contributed by atoms with van der Waals surface area (Å²) in [6.07, 6.45) is 5.34. The van der Waals surface area contributed by atoms with Gasteiger partial charge in [0.1, 0.15) is 11.6 Å². The molecule has 1 atom stereocenters. The highest BCUT2D eigenvalue weighted by atomic mass is 19.1. The number of amides is 1. The molecule has 1 aliphatic heterocycles. The zero-order valence-corrected chi connectivity index (χ0v) is 16.0. The number of aliphatic hydroxyl groups is 1. The van der Waals surface area contributed by atoms with E-state index in [0.29, 0.717) is 37.2 Å². The Morgan fingerprint density at radius 1 is 1.39 bits per heavy atom. The fraction of sp³-hybridized carbons (Fsp3) is 0.429. The maximum atomic E-state index is 14.1. The van der Waals surface area contributed by atoms with Crippen LogP contribution in [0.3, 0.4) is 0 Å². The first kappa shape index (κ1) is 20.2. The molecule has 1 amide bonds. The number of likely N-dealkylation sites (tertiary alicyclic amines) is 1. The molecular formula is C21H26FN3O3. The summed E-state index contributed by atoms with van der Waals surface area (Å²) >= 11 is 0. The van der Waals surface area contributed by atoms with E-state index in [1.54, 1.807) is 24.5 Å². The van der Waals surface area contributed by atoms with Crippen LogP contribution in [0.5, 0.6) is 5.75 Å². The van der Waals surface area contributed by atoms with Gasteiger partial charge in [0.05, 0.1) is 7.11 Å². The van der Waals surface area contributed by atoms with Gasteiger partial charge in [-0.15, -0.1) is 0 Å². The molecule has 0 bridgehead atoms. The third kappa shape index (κ3) is 4.85. The molecule has 1 aliphatic rings. The quantitative estimate of drug-likeness (QED) is 0.677. The van der Waals surface area contributed by atoms with E-state index in [9.17, 15) is 14.3 Å². The Hall–Kier alpha value is -2.51. The van der Waals surface area contributed by atoms with Crippen LogP contribution in [0, 0.1) is 5.82 Å². The van der Waals surface area contributed by atoms with Gasteiger partial charge in [-0.3, -0.25) is 9.78 Å². The van der Waals surface area contributed by atoms with Crippen molar-refractivity contribution in [3.63, 3.8) is 0 Å². The van der Waals surface area contributed by atoms with Gasteiger partial charge in [-0.1, -0.05) is 6.07 Å². The minimum Gasteiger partial charge on any atom is -0.497 e. The van der Waals surface area contributed by atoms with Crippen molar-refractivity contribution >= 4 is 5.91 Å². The predicted octanol–water partition coefficient (Wildman–Crippen LogP) is 1.92. The number of carbonyl (C=O) groups excluding carboxylic acids is 1. The van der Waals surface area contributed by atoms with Crippen molar-refractivity contribution in [2.24, 2.45) is 0 Å². The third-order valence-electron chi connectivity index (χ3n) is 5.05. The first-order valence-electron chi connectivity index (χ1n) is 9.45. The zero-order chi connectivity index (χ0) is 20.0. The maximum absolute atomic E-state index is 14.1. The Kier molecular flexibility index (Phi) is 6.59. The van der Waals surface area contributed by atoms with Crippen molar-refractivity contribution < 1.29 is 19.0 Å². The Labute approximate surface area is 164 Å². The number of carbonyl (C=O) groups is 1. The van der Waals surface area contributed by atoms with Crippen LogP contribution in [0.15, 0.2) is 42.7 Å². The highest BCUT2D eigenvalue weighted by Gasteiger charge is 2.41. The Balaban J connectivity index is 1.58. The topological polar surface area (TPSA) is 74.7 Å². The van der Waals surface area contributed by atoms with E-state index < -0.39 is 11.4 Å². The number of hydrogen-bond donors (Lipinski definition) is 2. The molecule has 1 fully saturated rings. The van der Waals surface area contributed by atoms with Crippen LogP contribution in [0.1, 0.15) is 24.0 Å². The van der Waals surface area contributed by atoms with E-state index in [1.165, 1.54) is 18.1 Å².